The minimum atomic E-state index is -0.338. The van der Waals surface area contributed by atoms with Crippen molar-refractivity contribution >= 4 is 11.6 Å². The summed E-state index contributed by atoms with van der Waals surface area (Å²) in [7, 11) is 1.47. The fourth-order valence-electron chi connectivity index (χ4n) is 1.61. The van der Waals surface area contributed by atoms with Crippen LogP contribution < -0.4 is 10.5 Å². The molecule has 0 heterocycles. The molecule has 2 nitrogen and oxygen atoms in total. The predicted molar refractivity (Wildman–Crippen MR) is 57.8 cm³/mol. The first-order valence-corrected chi connectivity index (χ1v) is 5.23. The van der Waals surface area contributed by atoms with Gasteiger partial charge in [-0.25, -0.2) is 4.39 Å². The predicted octanol–water partition coefficient (Wildman–Crippen LogP) is 2.52. The minimum absolute atomic E-state index is 0.178. The standard InChI is InChI=1S/C11H13ClFNO/c1-15-9-5-8(13)4-7(10(9)12)6-11(14)2-3-11/h4-5H,2-3,6,14H2,1H3. The van der Waals surface area contributed by atoms with E-state index >= 15 is 0 Å². The lowest BCUT2D eigenvalue weighted by Crippen LogP contribution is -2.24. The maximum atomic E-state index is 13.2. The van der Waals surface area contributed by atoms with Crippen LogP contribution in [0, 0.1) is 5.82 Å². The van der Waals surface area contributed by atoms with E-state index in [9.17, 15) is 4.39 Å². The molecule has 15 heavy (non-hydrogen) atoms. The van der Waals surface area contributed by atoms with Gasteiger partial charge in [-0.15, -0.1) is 0 Å². The van der Waals surface area contributed by atoms with E-state index in [1.54, 1.807) is 0 Å². The number of nitrogens with two attached hydrogens (primary N) is 1. The van der Waals surface area contributed by atoms with Crippen molar-refractivity contribution in [3.8, 4) is 5.75 Å². The van der Waals surface area contributed by atoms with Crippen molar-refractivity contribution < 1.29 is 9.13 Å². The van der Waals surface area contributed by atoms with Crippen LogP contribution in [0.1, 0.15) is 18.4 Å². The van der Waals surface area contributed by atoms with Gasteiger partial charge in [0.05, 0.1) is 12.1 Å². The molecule has 2 rings (SSSR count). The van der Waals surface area contributed by atoms with Gasteiger partial charge in [-0.2, -0.15) is 0 Å². The van der Waals surface area contributed by atoms with Gasteiger partial charge < -0.3 is 10.5 Å². The Hall–Kier alpha value is -0.800. The van der Waals surface area contributed by atoms with Crippen LogP contribution in [-0.2, 0) is 6.42 Å². The Kier molecular flexibility index (Phi) is 2.61. The van der Waals surface area contributed by atoms with E-state index in [-0.39, 0.29) is 11.4 Å². The topological polar surface area (TPSA) is 35.2 Å². The molecule has 82 valence electrons. The van der Waals surface area contributed by atoms with Crippen LogP contribution in [0.3, 0.4) is 0 Å². The Bertz CT molecular complexity index is 390. The second-order valence-electron chi connectivity index (χ2n) is 4.12. The first-order chi connectivity index (χ1) is 7.04. The number of ether oxygens (including phenoxy) is 1. The third kappa shape index (κ3) is 2.24. The second-order valence-corrected chi connectivity index (χ2v) is 4.50. The zero-order valence-electron chi connectivity index (χ0n) is 8.52. The number of hydrogen-bond acceptors (Lipinski definition) is 2. The largest absolute Gasteiger partial charge is 0.495 e. The smallest absolute Gasteiger partial charge is 0.140 e. The molecule has 1 saturated carbocycles. The SMILES string of the molecule is COc1cc(F)cc(CC2(N)CC2)c1Cl. The van der Waals surface area contributed by atoms with Crippen LogP contribution in [0.15, 0.2) is 12.1 Å². The van der Waals surface area contributed by atoms with Crippen LogP contribution in [0.5, 0.6) is 5.75 Å². The molecule has 1 aliphatic carbocycles. The van der Waals surface area contributed by atoms with Gasteiger partial charge in [-0.1, -0.05) is 11.6 Å². The molecule has 2 N–H and O–H groups in total. The Morgan fingerprint density at radius 3 is 2.73 bits per heavy atom. The van der Waals surface area contributed by atoms with Crippen molar-refractivity contribution in [2.45, 2.75) is 24.8 Å². The van der Waals surface area contributed by atoms with E-state index in [4.69, 9.17) is 22.1 Å². The summed E-state index contributed by atoms with van der Waals surface area (Å²) >= 11 is 6.07. The molecule has 0 unspecified atom stereocenters. The second kappa shape index (κ2) is 3.65. The normalized spacial score (nSPS) is 17.6. The van der Waals surface area contributed by atoms with Gasteiger partial charge in [0, 0.05) is 11.6 Å². The van der Waals surface area contributed by atoms with Crippen molar-refractivity contribution in [1.82, 2.24) is 0 Å². The molecule has 0 aromatic heterocycles. The summed E-state index contributed by atoms with van der Waals surface area (Å²) in [5.74, 6) is 0.0337. The van der Waals surface area contributed by atoms with E-state index < -0.39 is 0 Å². The molecule has 1 fully saturated rings. The summed E-state index contributed by atoms with van der Waals surface area (Å²) in [6.45, 7) is 0. The monoisotopic (exact) mass is 229 g/mol. The third-order valence-corrected chi connectivity index (χ3v) is 3.16. The fraction of sp³-hybridized carbons (Fsp3) is 0.455. The summed E-state index contributed by atoms with van der Waals surface area (Å²) in [5.41, 5.74) is 6.52. The zero-order chi connectivity index (χ0) is 11.1. The summed E-state index contributed by atoms with van der Waals surface area (Å²) in [6.07, 6.45) is 2.56. The number of halogens is 2. The number of methoxy groups -OCH3 is 1. The number of rotatable bonds is 3. The molecule has 0 atom stereocenters. The number of benzene rings is 1. The molecule has 0 saturated heterocycles. The van der Waals surface area contributed by atoms with Gasteiger partial charge >= 0.3 is 0 Å². The highest BCUT2D eigenvalue weighted by atomic mass is 35.5. The van der Waals surface area contributed by atoms with Crippen molar-refractivity contribution in [2.75, 3.05) is 7.11 Å². The molecule has 1 aliphatic rings. The van der Waals surface area contributed by atoms with Crippen LogP contribution in [0.4, 0.5) is 4.39 Å². The molecule has 0 radical (unpaired) electrons. The quantitative estimate of drug-likeness (QED) is 0.865. The van der Waals surface area contributed by atoms with Crippen molar-refractivity contribution in [3.63, 3.8) is 0 Å². The highest BCUT2D eigenvalue weighted by molar-refractivity contribution is 6.32. The van der Waals surface area contributed by atoms with E-state index in [1.807, 2.05) is 0 Å². The molecular formula is C11H13ClFNO. The average Bonchev–Trinajstić information content (AvgIpc) is 2.89. The first-order valence-electron chi connectivity index (χ1n) is 4.85. The van der Waals surface area contributed by atoms with E-state index in [2.05, 4.69) is 0 Å². The molecule has 0 aliphatic heterocycles. The maximum Gasteiger partial charge on any atom is 0.140 e. The lowest BCUT2D eigenvalue weighted by atomic mass is 10.0. The van der Waals surface area contributed by atoms with E-state index in [0.29, 0.717) is 17.2 Å². The van der Waals surface area contributed by atoms with Gasteiger partial charge in [0.15, 0.2) is 0 Å². The Morgan fingerprint density at radius 2 is 2.20 bits per heavy atom. The van der Waals surface area contributed by atoms with Crippen molar-refractivity contribution in [2.24, 2.45) is 5.73 Å². The molecule has 1 aromatic carbocycles. The zero-order valence-corrected chi connectivity index (χ0v) is 9.27. The highest BCUT2D eigenvalue weighted by Crippen LogP contribution is 2.39. The fourth-order valence-corrected chi connectivity index (χ4v) is 1.87. The lowest BCUT2D eigenvalue weighted by Gasteiger charge is -2.12. The van der Waals surface area contributed by atoms with Crippen LogP contribution in [-0.4, -0.2) is 12.6 Å². The molecule has 0 amide bonds. The molecular weight excluding hydrogens is 217 g/mol. The number of hydrogen-bond donors (Lipinski definition) is 1. The van der Waals surface area contributed by atoms with Gasteiger partial charge in [0.2, 0.25) is 0 Å². The highest BCUT2D eigenvalue weighted by Gasteiger charge is 2.38. The van der Waals surface area contributed by atoms with Gasteiger partial charge in [0.25, 0.3) is 0 Å². The first kappa shape index (κ1) is 10.7. The summed E-state index contributed by atoms with van der Waals surface area (Å²) < 4.78 is 18.2. The lowest BCUT2D eigenvalue weighted by molar-refractivity contribution is 0.410. The third-order valence-electron chi connectivity index (χ3n) is 2.73. The van der Waals surface area contributed by atoms with E-state index in [0.717, 1.165) is 18.4 Å². The van der Waals surface area contributed by atoms with Gasteiger partial charge in [-0.3, -0.25) is 0 Å². The van der Waals surface area contributed by atoms with Crippen LogP contribution >= 0.6 is 11.6 Å². The summed E-state index contributed by atoms with van der Waals surface area (Å²) in [4.78, 5) is 0. The molecule has 4 heteroatoms. The molecule has 1 aromatic rings. The van der Waals surface area contributed by atoms with Crippen LogP contribution in [0.2, 0.25) is 5.02 Å². The molecule has 0 spiro atoms. The maximum absolute atomic E-state index is 13.2. The summed E-state index contributed by atoms with van der Waals surface area (Å²) in [6, 6.07) is 2.71. The van der Waals surface area contributed by atoms with E-state index in [1.165, 1.54) is 19.2 Å². The Morgan fingerprint density at radius 1 is 1.53 bits per heavy atom. The van der Waals surface area contributed by atoms with Gasteiger partial charge in [-0.05, 0) is 30.9 Å². The molecule has 0 bridgehead atoms. The van der Waals surface area contributed by atoms with Crippen LogP contribution in [0.25, 0.3) is 0 Å². The Balaban J connectivity index is 2.32. The van der Waals surface area contributed by atoms with Crippen molar-refractivity contribution in [1.29, 1.82) is 0 Å². The van der Waals surface area contributed by atoms with Crippen molar-refractivity contribution in [3.05, 3.63) is 28.5 Å². The average molecular weight is 230 g/mol. The van der Waals surface area contributed by atoms with Gasteiger partial charge in [0.1, 0.15) is 11.6 Å². The minimum Gasteiger partial charge on any atom is -0.495 e. The summed E-state index contributed by atoms with van der Waals surface area (Å²) in [5, 5.41) is 0.468. The Labute approximate surface area is 93.2 Å².